The lowest BCUT2D eigenvalue weighted by Gasteiger charge is -2.13. The Hall–Kier alpha value is -3.39. The Morgan fingerprint density at radius 1 is 1.00 bits per heavy atom. The minimum absolute atomic E-state index is 0.325. The van der Waals surface area contributed by atoms with E-state index in [0.29, 0.717) is 12.4 Å². The molecule has 0 aliphatic heterocycles. The van der Waals surface area contributed by atoms with E-state index in [1.165, 1.54) is 11.3 Å². The highest BCUT2D eigenvalue weighted by Gasteiger charge is 2.17. The lowest BCUT2D eigenvalue weighted by Crippen LogP contribution is -2.25. The Labute approximate surface area is 177 Å². The van der Waals surface area contributed by atoms with Crippen molar-refractivity contribution < 1.29 is 14.3 Å². The predicted molar refractivity (Wildman–Crippen MR) is 115 cm³/mol. The number of ether oxygens (including phenoxy) is 2. The summed E-state index contributed by atoms with van der Waals surface area (Å²) in [6, 6.07) is 15.1. The predicted octanol–water partition coefficient (Wildman–Crippen LogP) is 4.45. The number of carbonyl (C=O) groups excluding carboxylic acids is 1. The molecule has 2 heterocycles. The van der Waals surface area contributed by atoms with Gasteiger partial charge in [-0.3, -0.25) is 0 Å². The standard InChI is InChI=1S/C22H20N4O3S/c1-4-28-22(27)14(3)29-16-11-9-15(10-12-16)20-25-26-21(30-20)19-13(2)23-17-7-5-6-8-18(17)24-19/h5-12,14H,4H2,1-3H3. The van der Waals surface area contributed by atoms with E-state index in [1.807, 2.05) is 43.3 Å². The zero-order chi connectivity index (χ0) is 21.1. The molecule has 4 aromatic rings. The van der Waals surface area contributed by atoms with E-state index in [2.05, 4.69) is 15.2 Å². The molecule has 2 aromatic heterocycles. The average Bonchev–Trinajstić information content (AvgIpc) is 3.24. The fourth-order valence-corrected chi connectivity index (χ4v) is 3.80. The fourth-order valence-electron chi connectivity index (χ4n) is 2.91. The van der Waals surface area contributed by atoms with E-state index in [-0.39, 0.29) is 5.97 Å². The third-order valence-electron chi connectivity index (χ3n) is 4.41. The van der Waals surface area contributed by atoms with Gasteiger partial charge in [0.1, 0.15) is 16.5 Å². The van der Waals surface area contributed by atoms with Crippen molar-refractivity contribution in [1.29, 1.82) is 0 Å². The monoisotopic (exact) mass is 420 g/mol. The second-order valence-electron chi connectivity index (χ2n) is 6.60. The first kappa shape index (κ1) is 19.9. The Kier molecular flexibility index (Phi) is 5.67. The van der Waals surface area contributed by atoms with Crippen molar-refractivity contribution in [2.24, 2.45) is 0 Å². The van der Waals surface area contributed by atoms with Gasteiger partial charge in [0.2, 0.25) is 0 Å². The third kappa shape index (κ3) is 4.13. The SMILES string of the molecule is CCOC(=O)C(C)Oc1ccc(-c2nnc(-c3nc4ccccc4nc3C)s2)cc1. The van der Waals surface area contributed by atoms with Crippen LogP contribution in [0.15, 0.2) is 48.5 Å². The molecule has 0 saturated carbocycles. The lowest BCUT2D eigenvalue weighted by molar-refractivity contribution is -0.150. The maximum atomic E-state index is 11.7. The van der Waals surface area contributed by atoms with Crippen LogP contribution in [0.25, 0.3) is 32.3 Å². The number of para-hydroxylation sites is 2. The number of hydrogen-bond acceptors (Lipinski definition) is 8. The number of carbonyl (C=O) groups is 1. The van der Waals surface area contributed by atoms with E-state index in [1.54, 1.807) is 26.0 Å². The van der Waals surface area contributed by atoms with Crippen LogP contribution in [0.2, 0.25) is 0 Å². The summed E-state index contributed by atoms with van der Waals surface area (Å²) in [4.78, 5) is 21.0. The van der Waals surface area contributed by atoms with Crippen molar-refractivity contribution in [2.75, 3.05) is 6.61 Å². The molecule has 0 radical (unpaired) electrons. The van der Waals surface area contributed by atoms with Gasteiger partial charge in [-0.2, -0.15) is 0 Å². The molecule has 8 heteroatoms. The zero-order valence-electron chi connectivity index (χ0n) is 16.8. The van der Waals surface area contributed by atoms with Crippen LogP contribution in [-0.4, -0.2) is 38.8 Å². The Morgan fingerprint density at radius 2 is 1.67 bits per heavy atom. The van der Waals surface area contributed by atoms with E-state index < -0.39 is 6.10 Å². The smallest absolute Gasteiger partial charge is 0.347 e. The molecule has 0 fully saturated rings. The van der Waals surface area contributed by atoms with Gasteiger partial charge >= 0.3 is 5.97 Å². The van der Waals surface area contributed by atoms with Crippen molar-refractivity contribution in [3.63, 3.8) is 0 Å². The first-order chi connectivity index (χ1) is 14.5. The van der Waals surface area contributed by atoms with E-state index in [9.17, 15) is 4.79 Å². The number of aromatic nitrogens is 4. The largest absolute Gasteiger partial charge is 0.479 e. The summed E-state index contributed by atoms with van der Waals surface area (Å²) in [5, 5.41) is 10.1. The van der Waals surface area contributed by atoms with Gasteiger partial charge in [0.15, 0.2) is 11.1 Å². The van der Waals surface area contributed by atoms with Crippen LogP contribution >= 0.6 is 11.3 Å². The van der Waals surface area contributed by atoms with Crippen molar-refractivity contribution in [2.45, 2.75) is 26.9 Å². The Balaban J connectivity index is 1.54. The van der Waals surface area contributed by atoms with Crippen LogP contribution in [0.4, 0.5) is 0 Å². The van der Waals surface area contributed by atoms with Crippen LogP contribution in [-0.2, 0) is 9.53 Å². The maximum Gasteiger partial charge on any atom is 0.347 e. The van der Waals surface area contributed by atoms with Crippen molar-refractivity contribution in [1.82, 2.24) is 20.2 Å². The Bertz CT molecular complexity index is 1190. The average molecular weight is 420 g/mol. The van der Waals surface area contributed by atoms with E-state index in [4.69, 9.17) is 14.5 Å². The van der Waals surface area contributed by atoms with Crippen LogP contribution in [0.3, 0.4) is 0 Å². The molecule has 0 N–H and O–H groups in total. The number of benzene rings is 2. The molecule has 0 aliphatic rings. The summed E-state index contributed by atoms with van der Waals surface area (Å²) < 4.78 is 10.6. The summed E-state index contributed by atoms with van der Waals surface area (Å²) >= 11 is 1.45. The van der Waals surface area contributed by atoms with E-state index in [0.717, 1.165) is 38.0 Å². The van der Waals surface area contributed by atoms with Crippen molar-refractivity contribution >= 4 is 28.3 Å². The van der Waals surface area contributed by atoms with Gasteiger partial charge in [-0.25, -0.2) is 14.8 Å². The molecule has 2 aromatic carbocycles. The molecular weight excluding hydrogens is 400 g/mol. The highest BCUT2D eigenvalue weighted by atomic mass is 32.1. The fraction of sp³-hybridized carbons (Fsp3) is 0.227. The molecule has 0 spiro atoms. The van der Waals surface area contributed by atoms with Gasteiger partial charge in [0.25, 0.3) is 0 Å². The lowest BCUT2D eigenvalue weighted by atomic mass is 10.2. The van der Waals surface area contributed by atoms with Gasteiger partial charge in [0, 0.05) is 5.56 Å². The summed E-state index contributed by atoms with van der Waals surface area (Å²) in [5.41, 5.74) is 4.14. The maximum absolute atomic E-state index is 11.7. The summed E-state index contributed by atoms with van der Waals surface area (Å²) in [6.07, 6.45) is -0.668. The minimum Gasteiger partial charge on any atom is -0.479 e. The van der Waals surface area contributed by atoms with E-state index >= 15 is 0 Å². The van der Waals surface area contributed by atoms with Crippen molar-refractivity contribution in [3.8, 4) is 27.0 Å². The molecule has 4 rings (SSSR count). The quantitative estimate of drug-likeness (QED) is 0.426. The second kappa shape index (κ2) is 8.54. The topological polar surface area (TPSA) is 87.1 Å². The molecule has 1 unspecified atom stereocenters. The van der Waals surface area contributed by atoms with Gasteiger partial charge in [-0.05, 0) is 57.2 Å². The molecule has 7 nitrogen and oxygen atoms in total. The molecular formula is C22H20N4O3S. The van der Waals surface area contributed by atoms with Crippen molar-refractivity contribution in [3.05, 3.63) is 54.2 Å². The van der Waals surface area contributed by atoms with Gasteiger partial charge in [0.05, 0.1) is 23.3 Å². The highest BCUT2D eigenvalue weighted by Crippen LogP contribution is 2.31. The second-order valence-corrected chi connectivity index (χ2v) is 7.57. The summed E-state index contributed by atoms with van der Waals surface area (Å²) in [6.45, 7) is 5.68. The Morgan fingerprint density at radius 3 is 2.37 bits per heavy atom. The van der Waals surface area contributed by atoms with Crippen LogP contribution < -0.4 is 4.74 Å². The normalized spacial score (nSPS) is 12.0. The molecule has 0 saturated heterocycles. The van der Waals surface area contributed by atoms with Gasteiger partial charge < -0.3 is 9.47 Å². The number of esters is 1. The van der Waals surface area contributed by atoms with Gasteiger partial charge in [-0.1, -0.05) is 23.5 Å². The van der Waals surface area contributed by atoms with Crippen LogP contribution in [0.1, 0.15) is 19.5 Å². The third-order valence-corrected chi connectivity index (χ3v) is 5.38. The first-order valence-corrected chi connectivity index (χ1v) is 10.4. The summed E-state index contributed by atoms with van der Waals surface area (Å²) in [7, 11) is 0. The van der Waals surface area contributed by atoms with Gasteiger partial charge in [-0.15, -0.1) is 10.2 Å². The number of nitrogens with zero attached hydrogens (tertiary/aromatic N) is 4. The number of hydrogen-bond donors (Lipinski definition) is 0. The molecule has 1 atom stereocenters. The first-order valence-electron chi connectivity index (χ1n) is 9.56. The molecule has 0 amide bonds. The summed E-state index contributed by atoms with van der Waals surface area (Å²) in [5.74, 6) is 0.197. The molecule has 30 heavy (non-hydrogen) atoms. The van der Waals surface area contributed by atoms with Crippen LogP contribution in [0, 0.1) is 6.92 Å². The van der Waals surface area contributed by atoms with Crippen LogP contribution in [0.5, 0.6) is 5.75 Å². The number of aryl methyl sites for hydroxylation is 1. The molecule has 152 valence electrons. The zero-order valence-corrected chi connectivity index (χ0v) is 17.6. The molecule has 0 aliphatic carbocycles. The number of fused-ring (bicyclic) bond motifs is 1. The minimum atomic E-state index is -0.668. The number of rotatable bonds is 6. The highest BCUT2D eigenvalue weighted by molar-refractivity contribution is 7.17. The molecule has 0 bridgehead atoms.